The Morgan fingerprint density at radius 1 is 1.45 bits per heavy atom. The first-order chi connectivity index (χ1) is 10.6. The van der Waals surface area contributed by atoms with E-state index in [1.807, 2.05) is 6.07 Å². The first kappa shape index (κ1) is 15.5. The molecule has 0 radical (unpaired) electrons. The lowest BCUT2D eigenvalue weighted by molar-refractivity contribution is -0.910. The van der Waals surface area contributed by atoms with Crippen LogP contribution in [0.25, 0.3) is 0 Å². The number of hydrogen-bond acceptors (Lipinski definition) is 2. The quantitative estimate of drug-likeness (QED) is 0.882. The molecular weight excluding hydrogens is 323 g/mol. The highest BCUT2D eigenvalue weighted by molar-refractivity contribution is 7.10. The number of thiophene rings is 1. The van der Waals surface area contributed by atoms with Crippen LogP contribution in [0.3, 0.4) is 0 Å². The van der Waals surface area contributed by atoms with Gasteiger partial charge in [-0.2, -0.15) is 0 Å². The van der Waals surface area contributed by atoms with Crippen LogP contribution >= 0.6 is 22.9 Å². The van der Waals surface area contributed by atoms with Crippen LogP contribution in [0.5, 0.6) is 0 Å². The molecule has 2 heterocycles. The van der Waals surface area contributed by atoms with E-state index in [4.69, 9.17) is 11.6 Å². The second kappa shape index (κ2) is 6.77. The summed E-state index contributed by atoms with van der Waals surface area (Å²) in [6.45, 7) is 1.32. The minimum atomic E-state index is -0.507. The zero-order chi connectivity index (χ0) is 15.5. The molecule has 0 spiro atoms. The molecule has 1 saturated heterocycles. The summed E-state index contributed by atoms with van der Waals surface area (Å²) in [6.07, 6.45) is 2.21. The van der Waals surface area contributed by atoms with Gasteiger partial charge in [-0.05, 0) is 29.6 Å². The maximum absolute atomic E-state index is 13.7. The molecular formula is C16H17ClFN2OS+. The molecule has 0 aliphatic carbocycles. The average molecular weight is 340 g/mol. The molecule has 1 aliphatic heterocycles. The Morgan fingerprint density at radius 3 is 3.05 bits per heavy atom. The standard InChI is InChI=1S/C16H16ClFN2OS/c17-11-5-6-13(12(18)9-11)19-16(21)10-20-7-1-3-14(20)15-4-2-8-22-15/h2,4-6,8-9,14H,1,3,7,10H2,(H,19,21)/p+1/t14-/m0/s1. The normalized spacial score (nSPS) is 21.0. The lowest BCUT2D eigenvalue weighted by Gasteiger charge is -2.20. The number of halogens is 2. The van der Waals surface area contributed by atoms with Crippen LogP contribution < -0.4 is 10.2 Å². The number of quaternary nitrogens is 1. The molecule has 22 heavy (non-hydrogen) atoms. The smallest absolute Gasteiger partial charge is 0.279 e. The van der Waals surface area contributed by atoms with E-state index in [1.54, 1.807) is 17.4 Å². The van der Waals surface area contributed by atoms with Gasteiger partial charge in [0.15, 0.2) is 6.54 Å². The topological polar surface area (TPSA) is 33.5 Å². The van der Waals surface area contributed by atoms with Crippen molar-refractivity contribution in [3.05, 3.63) is 51.4 Å². The summed E-state index contributed by atoms with van der Waals surface area (Å²) in [4.78, 5) is 14.8. The van der Waals surface area contributed by atoms with E-state index in [9.17, 15) is 9.18 Å². The van der Waals surface area contributed by atoms with Gasteiger partial charge in [-0.1, -0.05) is 17.7 Å². The van der Waals surface area contributed by atoms with E-state index in [-0.39, 0.29) is 11.6 Å². The van der Waals surface area contributed by atoms with Crippen molar-refractivity contribution >= 4 is 34.5 Å². The predicted octanol–water partition coefficient (Wildman–Crippen LogP) is 2.90. The van der Waals surface area contributed by atoms with Crippen LogP contribution in [-0.4, -0.2) is 19.0 Å². The van der Waals surface area contributed by atoms with Gasteiger partial charge in [0.2, 0.25) is 0 Å². The molecule has 3 rings (SSSR count). The number of anilines is 1. The van der Waals surface area contributed by atoms with Gasteiger partial charge in [-0.15, -0.1) is 11.3 Å². The molecule has 1 unspecified atom stereocenters. The molecule has 1 aromatic heterocycles. The van der Waals surface area contributed by atoms with Crippen molar-refractivity contribution in [2.75, 3.05) is 18.4 Å². The van der Waals surface area contributed by atoms with Crippen molar-refractivity contribution in [3.8, 4) is 0 Å². The number of hydrogen-bond donors (Lipinski definition) is 2. The highest BCUT2D eigenvalue weighted by atomic mass is 35.5. The highest BCUT2D eigenvalue weighted by Crippen LogP contribution is 2.23. The van der Waals surface area contributed by atoms with Gasteiger partial charge in [0.1, 0.15) is 11.9 Å². The zero-order valence-electron chi connectivity index (χ0n) is 11.9. The number of carbonyl (C=O) groups excluding carboxylic acids is 1. The molecule has 2 N–H and O–H groups in total. The van der Waals surface area contributed by atoms with Crippen molar-refractivity contribution in [1.82, 2.24) is 0 Å². The molecule has 2 aromatic rings. The van der Waals surface area contributed by atoms with Gasteiger partial charge < -0.3 is 10.2 Å². The molecule has 3 nitrogen and oxygen atoms in total. The van der Waals surface area contributed by atoms with E-state index in [0.717, 1.165) is 19.4 Å². The average Bonchev–Trinajstić information content (AvgIpc) is 3.12. The van der Waals surface area contributed by atoms with Crippen LogP contribution in [-0.2, 0) is 4.79 Å². The van der Waals surface area contributed by atoms with Crippen LogP contribution in [0.2, 0.25) is 5.02 Å². The van der Waals surface area contributed by atoms with E-state index >= 15 is 0 Å². The highest BCUT2D eigenvalue weighted by Gasteiger charge is 2.32. The third-order valence-corrected chi connectivity index (χ3v) is 5.18. The Bertz CT molecular complexity index is 662. The van der Waals surface area contributed by atoms with Crippen LogP contribution in [0.15, 0.2) is 35.7 Å². The number of carbonyl (C=O) groups is 1. The molecule has 0 saturated carbocycles. The molecule has 1 amide bonds. The second-order valence-corrected chi connectivity index (χ2v) is 6.88. The third kappa shape index (κ3) is 3.48. The maximum Gasteiger partial charge on any atom is 0.279 e. The molecule has 1 aliphatic rings. The number of likely N-dealkylation sites (tertiary alicyclic amines) is 1. The molecule has 0 bridgehead atoms. The van der Waals surface area contributed by atoms with Gasteiger partial charge in [-0.3, -0.25) is 4.79 Å². The lowest BCUT2D eigenvalue weighted by atomic mass is 10.2. The van der Waals surface area contributed by atoms with Crippen LogP contribution in [0.1, 0.15) is 23.8 Å². The van der Waals surface area contributed by atoms with E-state index in [0.29, 0.717) is 17.6 Å². The predicted molar refractivity (Wildman–Crippen MR) is 87.0 cm³/mol. The maximum atomic E-state index is 13.7. The number of nitrogens with one attached hydrogen (secondary N) is 2. The number of benzene rings is 1. The summed E-state index contributed by atoms with van der Waals surface area (Å²) in [5.74, 6) is -0.674. The van der Waals surface area contributed by atoms with E-state index < -0.39 is 5.82 Å². The Balaban J connectivity index is 1.64. The summed E-state index contributed by atoms with van der Waals surface area (Å²) in [5.41, 5.74) is 0.181. The Morgan fingerprint density at radius 2 is 2.32 bits per heavy atom. The van der Waals surface area contributed by atoms with Crippen molar-refractivity contribution in [2.24, 2.45) is 0 Å². The largest absolute Gasteiger partial charge is 0.320 e. The summed E-state index contributed by atoms with van der Waals surface area (Å²) < 4.78 is 13.7. The SMILES string of the molecule is O=C(C[NH+]1CCC[C@H]1c1cccs1)Nc1ccc(Cl)cc1F. The number of amides is 1. The minimum absolute atomic E-state index is 0.167. The summed E-state index contributed by atoms with van der Waals surface area (Å²) >= 11 is 7.44. The molecule has 6 heteroatoms. The van der Waals surface area contributed by atoms with Gasteiger partial charge in [-0.25, -0.2) is 4.39 Å². The fraction of sp³-hybridized carbons (Fsp3) is 0.312. The Kier molecular flexibility index (Phi) is 4.76. The van der Waals surface area contributed by atoms with Crippen molar-refractivity contribution < 1.29 is 14.1 Å². The molecule has 116 valence electrons. The fourth-order valence-corrected chi connectivity index (χ4v) is 4.03. The van der Waals surface area contributed by atoms with Crippen LogP contribution in [0, 0.1) is 5.82 Å². The Labute approximate surface area is 137 Å². The van der Waals surface area contributed by atoms with Crippen LogP contribution in [0.4, 0.5) is 10.1 Å². The van der Waals surface area contributed by atoms with Crippen molar-refractivity contribution in [3.63, 3.8) is 0 Å². The minimum Gasteiger partial charge on any atom is -0.320 e. The van der Waals surface area contributed by atoms with Gasteiger partial charge in [0.05, 0.1) is 17.1 Å². The van der Waals surface area contributed by atoms with Crippen molar-refractivity contribution in [2.45, 2.75) is 18.9 Å². The van der Waals surface area contributed by atoms with Crippen molar-refractivity contribution in [1.29, 1.82) is 0 Å². The molecule has 2 atom stereocenters. The van der Waals surface area contributed by atoms with Gasteiger partial charge in [0.25, 0.3) is 5.91 Å². The number of rotatable bonds is 4. The summed E-state index contributed by atoms with van der Waals surface area (Å²) in [6, 6.07) is 8.80. The monoisotopic (exact) mass is 339 g/mol. The first-order valence-electron chi connectivity index (χ1n) is 7.26. The Hall–Kier alpha value is -1.43. The second-order valence-electron chi connectivity index (χ2n) is 5.47. The zero-order valence-corrected chi connectivity index (χ0v) is 13.5. The summed E-state index contributed by atoms with van der Waals surface area (Å²) in [5, 5.41) is 5.02. The van der Waals surface area contributed by atoms with E-state index in [2.05, 4.69) is 16.8 Å². The third-order valence-electron chi connectivity index (χ3n) is 3.96. The fourth-order valence-electron chi connectivity index (χ4n) is 2.95. The first-order valence-corrected chi connectivity index (χ1v) is 8.52. The molecule has 1 fully saturated rings. The van der Waals surface area contributed by atoms with Gasteiger partial charge in [0, 0.05) is 17.9 Å². The van der Waals surface area contributed by atoms with Gasteiger partial charge >= 0.3 is 0 Å². The lowest BCUT2D eigenvalue weighted by Crippen LogP contribution is -3.11. The van der Waals surface area contributed by atoms with E-state index in [1.165, 1.54) is 21.9 Å². The molecule has 1 aromatic carbocycles. The summed E-state index contributed by atoms with van der Waals surface area (Å²) in [7, 11) is 0.